The third-order valence-electron chi connectivity index (χ3n) is 3.34. The lowest BCUT2D eigenvalue weighted by atomic mass is 10.2. The number of rotatable bonds is 4. The largest absolute Gasteiger partial charge is 0.395 e. The normalized spacial score (nSPS) is 16.4. The van der Waals surface area contributed by atoms with E-state index in [4.69, 9.17) is 5.11 Å². The van der Waals surface area contributed by atoms with Crippen LogP contribution >= 0.6 is 0 Å². The predicted molar refractivity (Wildman–Crippen MR) is 73.2 cm³/mol. The van der Waals surface area contributed by atoms with Crippen molar-refractivity contribution in [3.05, 3.63) is 23.9 Å². The van der Waals surface area contributed by atoms with Crippen molar-refractivity contribution in [3.8, 4) is 0 Å². The Bertz CT molecular complexity index is 413. The standard InChI is InChI=1S/C13H20N4O2/c1-14-12-3-2-11(10-15-12)13(19)17-6-4-16(5-7-17)8-9-18/h2-3,10,18H,4-9H2,1H3,(H,14,15). The SMILES string of the molecule is CNc1ccc(C(=O)N2CCN(CCO)CC2)cn1. The van der Waals surface area contributed by atoms with Crippen molar-refractivity contribution < 1.29 is 9.90 Å². The van der Waals surface area contributed by atoms with Gasteiger partial charge < -0.3 is 15.3 Å². The lowest BCUT2D eigenvalue weighted by Crippen LogP contribution is -2.49. The number of nitrogens with one attached hydrogen (secondary N) is 1. The molecular weight excluding hydrogens is 244 g/mol. The Morgan fingerprint density at radius 1 is 1.37 bits per heavy atom. The van der Waals surface area contributed by atoms with Crippen LogP contribution in [-0.2, 0) is 0 Å². The van der Waals surface area contributed by atoms with Gasteiger partial charge in [0.1, 0.15) is 5.82 Å². The van der Waals surface area contributed by atoms with Crippen LogP contribution in [0.1, 0.15) is 10.4 Å². The zero-order chi connectivity index (χ0) is 13.7. The molecule has 1 amide bonds. The fourth-order valence-electron chi connectivity index (χ4n) is 2.17. The molecule has 0 unspecified atom stereocenters. The number of carbonyl (C=O) groups is 1. The maximum atomic E-state index is 12.3. The molecule has 104 valence electrons. The molecule has 1 aromatic rings. The molecule has 1 saturated heterocycles. The average molecular weight is 264 g/mol. The summed E-state index contributed by atoms with van der Waals surface area (Å²) < 4.78 is 0. The molecule has 6 heteroatoms. The average Bonchev–Trinajstić information content (AvgIpc) is 2.48. The second-order valence-corrected chi connectivity index (χ2v) is 4.54. The van der Waals surface area contributed by atoms with Crippen LogP contribution in [0.2, 0.25) is 0 Å². The van der Waals surface area contributed by atoms with E-state index in [2.05, 4.69) is 15.2 Å². The van der Waals surface area contributed by atoms with Gasteiger partial charge >= 0.3 is 0 Å². The summed E-state index contributed by atoms with van der Waals surface area (Å²) in [5, 5.41) is 11.8. The van der Waals surface area contributed by atoms with Gasteiger partial charge in [-0.2, -0.15) is 0 Å². The van der Waals surface area contributed by atoms with E-state index in [1.807, 2.05) is 4.90 Å². The molecular formula is C13H20N4O2. The molecule has 2 N–H and O–H groups in total. The smallest absolute Gasteiger partial charge is 0.255 e. The van der Waals surface area contributed by atoms with Crippen LogP contribution in [0.25, 0.3) is 0 Å². The Morgan fingerprint density at radius 2 is 2.11 bits per heavy atom. The Hall–Kier alpha value is -1.66. The quantitative estimate of drug-likeness (QED) is 0.793. The summed E-state index contributed by atoms with van der Waals surface area (Å²) in [5.74, 6) is 0.781. The second-order valence-electron chi connectivity index (χ2n) is 4.54. The third kappa shape index (κ3) is 3.42. The summed E-state index contributed by atoms with van der Waals surface area (Å²) in [4.78, 5) is 20.4. The van der Waals surface area contributed by atoms with Crippen LogP contribution in [0.15, 0.2) is 18.3 Å². The first-order chi connectivity index (χ1) is 9.24. The molecule has 0 atom stereocenters. The number of pyridine rings is 1. The van der Waals surface area contributed by atoms with E-state index < -0.39 is 0 Å². The summed E-state index contributed by atoms with van der Waals surface area (Å²) in [7, 11) is 1.80. The van der Waals surface area contributed by atoms with Gasteiger partial charge in [-0.15, -0.1) is 0 Å². The third-order valence-corrected chi connectivity index (χ3v) is 3.34. The minimum Gasteiger partial charge on any atom is -0.395 e. The molecule has 1 fully saturated rings. The topological polar surface area (TPSA) is 68.7 Å². The van der Waals surface area contributed by atoms with Crippen LogP contribution in [0.4, 0.5) is 5.82 Å². The molecule has 2 heterocycles. The Labute approximate surface area is 113 Å². The number of piperazine rings is 1. The van der Waals surface area contributed by atoms with Gasteiger partial charge in [0.05, 0.1) is 12.2 Å². The summed E-state index contributed by atoms with van der Waals surface area (Å²) in [6.45, 7) is 3.88. The maximum absolute atomic E-state index is 12.3. The van der Waals surface area contributed by atoms with Crippen molar-refractivity contribution >= 4 is 11.7 Å². The summed E-state index contributed by atoms with van der Waals surface area (Å²) in [5.41, 5.74) is 0.620. The number of aliphatic hydroxyl groups is 1. The van der Waals surface area contributed by atoms with E-state index in [-0.39, 0.29) is 12.5 Å². The lowest BCUT2D eigenvalue weighted by molar-refractivity contribution is 0.0614. The maximum Gasteiger partial charge on any atom is 0.255 e. The van der Waals surface area contributed by atoms with Crippen molar-refractivity contribution in [1.82, 2.24) is 14.8 Å². The van der Waals surface area contributed by atoms with E-state index in [1.54, 1.807) is 25.4 Å². The number of nitrogens with zero attached hydrogens (tertiary/aromatic N) is 3. The molecule has 0 radical (unpaired) electrons. The number of carbonyl (C=O) groups excluding carboxylic acids is 1. The highest BCUT2D eigenvalue weighted by molar-refractivity contribution is 5.94. The number of aliphatic hydroxyl groups excluding tert-OH is 1. The van der Waals surface area contributed by atoms with Gasteiger partial charge in [0.15, 0.2) is 0 Å². The van der Waals surface area contributed by atoms with Crippen LogP contribution in [0.3, 0.4) is 0 Å². The first kappa shape index (κ1) is 13.8. The number of β-amino-alcohol motifs (C(OH)–C–C–N with tert-alkyl or cyclic N) is 1. The van der Waals surface area contributed by atoms with Crippen LogP contribution in [-0.4, -0.2) is 72.2 Å². The minimum absolute atomic E-state index is 0.0267. The van der Waals surface area contributed by atoms with Crippen molar-refractivity contribution in [2.45, 2.75) is 0 Å². The Balaban J connectivity index is 1.93. The summed E-state index contributed by atoms with van der Waals surface area (Å²) in [6.07, 6.45) is 1.61. The molecule has 6 nitrogen and oxygen atoms in total. The minimum atomic E-state index is 0.0267. The van der Waals surface area contributed by atoms with Gasteiger partial charge in [0, 0.05) is 46.0 Å². The molecule has 0 spiro atoms. The second kappa shape index (κ2) is 6.49. The lowest BCUT2D eigenvalue weighted by Gasteiger charge is -2.34. The first-order valence-electron chi connectivity index (χ1n) is 6.51. The van der Waals surface area contributed by atoms with E-state index in [0.29, 0.717) is 25.2 Å². The highest BCUT2D eigenvalue weighted by atomic mass is 16.3. The van der Waals surface area contributed by atoms with Crippen LogP contribution in [0.5, 0.6) is 0 Å². The van der Waals surface area contributed by atoms with Crippen molar-refractivity contribution in [3.63, 3.8) is 0 Å². The predicted octanol–water partition coefficient (Wildman–Crippen LogP) is -0.127. The molecule has 0 saturated carbocycles. The van der Waals surface area contributed by atoms with Gasteiger partial charge in [-0.25, -0.2) is 4.98 Å². The first-order valence-corrected chi connectivity index (χ1v) is 6.51. The Morgan fingerprint density at radius 3 is 2.63 bits per heavy atom. The molecule has 0 aromatic carbocycles. The van der Waals surface area contributed by atoms with Crippen molar-refractivity contribution in [2.75, 3.05) is 51.7 Å². The number of hydrogen-bond acceptors (Lipinski definition) is 5. The van der Waals surface area contributed by atoms with E-state index in [9.17, 15) is 4.79 Å². The highest BCUT2D eigenvalue weighted by Gasteiger charge is 2.21. The molecule has 0 aliphatic carbocycles. The van der Waals surface area contributed by atoms with Gasteiger partial charge in [0.25, 0.3) is 5.91 Å². The fraction of sp³-hybridized carbons (Fsp3) is 0.538. The monoisotopic (exact) mass is 264 g/mol. The zero-order valence-electron chi connectivity index (χ0n) is 11.2. The van der Waals surface area contributed by atoms with Crippen LogP contribution in [0, 0.1) is 0 Å². The van der Waals surface area contributed by atoms with E-state index in [0.717, 1.165) is 18.9 Å². The fourth-order valence-corrected chi connectivity index (χ4v) is 2.17. The molecule has 2 rings (SSSR count). The number of amides is 1. The number of hydrogen-bond donors (Lipinski definition) is 2. The zero-order valence-corrected chi connectivity index (χ0v) is 11.2. The van der Waals surface area contributed by atoms with Crippen molar-refractivity contribution in [2.24, 2.45) is 0 Å². The molecule has 1 aromatic heterocycles. The van der Waals surface area contributed by atoms with E-state index >= 15 is 0 Å². The van der Waals surface area contributed by atoms with Gasteiger partial charge in [0.2, 0.25) is 0 Å². The number of anilines is 1. The van der Waals surface area contributed by atoms with Gasteiger partial charge in [-0.05, 0) is 12.1 Å². The molecule has 1 aliphatic heterocycles. The summed E-state index contributed by atoms with van der Waals surface area (Å²) in [6, 6.07) is 3.59. The van der Waals surface area contributed by atoms with Gasteiger partial charge in [-0.3, -0.25) is 9.69 Å². The molecule has 1 aliphatic rings. The molecule has 19 heavy (non-hydrogen) atoms. The summed E-state index contributed by atoms with van der Waals surface area (Å²) >= 11 is 0. The van der Waals surface area contributed by atoms with Crippen LogP contribution < -0.4 is 5.32 Å². The number of aromatic nitrogens is 1. The highest BCUT2D eigenvalue weighted by Crippen LogP contribution is 2.10. The molecule has 0 bridgehead atoms. The van der Waals surface area contributed by atoms with Crippen molar-refractivity contribution in [1.29, 1.82) is 0 Å². The van der Waals surface area contributed by atoms with E-state index in [1.165, 1.54) is 0 Å². The van der Waals surface area contributed by atoms with Gasteiger partial charge in [-0.1, -0.05) is 0 Å². The Kier molecular flexibility index (Phi) is 4.70.